The zero-order chi connectivity index (χ0) is 11.3. The van der Waals surface area contributed by atoms with Gasteiger partial charge in [-0.15, -0.1) is 5.10 Å². The lowest BCUT2D eigenvalue weighted by Crippen LogP contribution is -2.31. The lowest BCUT2D eigenvalue weighted by atomic mass is 10.4. The first kappa shape index (κ1) is 12.3. The van der Waals surface area contributed by atoms with Crippen molar-refractivity contribution < 1.29 is 8.78 Å². The molecule has 0 spiro atoms. The van der Waals surface area contributed by atoms with Crippen molar-refractivity contribution in [3.63, 3.8) is 0 Å². The van der Waals surface area contributed by atoms with E-state index in [1.165, 1.54) is 4.90 Å². The summed E-state index contributed by atoms with van der Waals surface area (Å²) < 4.78 is 24.5. The van der Waals surface area contributed by atoms with E-state index >= 15 is 0 Å². The minimum atomic E-state index is -2.37. The predicted molar refractivity (Wildman–Crippen MR) is 58.8 cm³/mol. The summed E-state index contributed by atoms with van der Waals surface area (Å²) in [5, 5.41) is 8.33. The fraction of sp³-hybridized carbons (Fsp3) is 0.556. The molecule has 1 rings (SSSR count). The molecule has 6 heteroatoms. The second-order valence-electron chi connectivity index (χ2n) is 3.06. The van der Waals surface area contributed by atoms with E-state index in [0.717, 1.165) is 5.69 Å². The van der Waals surface area contributed by atoms with Crippen LogP contribution in [0.4, 0.5) is 14.6 Å². The molecule has 0 saturated carbocycles. The Balaban J connectivity index is 2.74. The highest BCUT2D eigenvalue weighted by Crippen LogP contribution is 2.11. The first-order valence-electron chi connectivity index (χ1n) is 4.53. The third-order valence-corrected chi connectivity index (χ3v) is 2.18. The number of rotatable bonds is 5. The second kappa shape index (κ2) is 5.95. The average molecular weight is 280 g/mol. The zero-order valence-corrected chi connectivity index (χ0v) is 9.91. The Hall–Kier alpha value is -0.780. The van der Waals surface area contributed by atoms with Gasteiger partial charge in [-0.1, -0.05) is 15.9 Å². The summed E-state index contributed by atoms with van der Waals surface area (Å²) in [4.78, 5) is 1.51. The van der Waals surface area contributed by atoms with Gasteiger partial charge in [-0.05, 0) is 19.1 Å². The van der Waals surface area contributed by atoms with Gasteiger partial charge < -0.3 is 4.90 Å². The van der Waals surface area contributed by atoms with Crippen molar-refractivity contribution in [3.8, 4) is 0 Å². The van der Waals surface area contributed by atoms with E-state index in [-0.39, 0.29) is 6.54 Å². The van der Waals surface area contributed by atoms with Crippen molar-refractivity contribution in [1.82, 2.24) is 10.2 Å². The quantitative estimate of drug-likeness (QED) is 0.775. The van der Waals surface area contributed by atoms with Crippen molar-refractivity contribution in [2.75, 3.05) is 23.3 Å². The van der Waals surface area contributed by atoms with Gasteiger partial charge in [0.15, 0.2) is 5.82 Å². The number of nitrogens with zero attached hydrogens (tertiary/aromatic N) is 3. The molecule has 0 radical (unpaired) electrons. The summed E-state index contributed by atoms with van der Waals surface area (Å²) in [5.74, 6) is 0.486. The molecular formula is C9H12BrF2N3. The van der Waals surface area contributed by atoms with Crippen LogP contribution in [0, 0.1) is 6.92 Å². The second-order valence-corrected chi connectivity index (χ2v) is 3.85. The summed E-state index contributed by atoms with van der Waals surface area (Å²) in [6.07, 6.45) is -2.37. The van der Waals surface area contributed by atoms with Gasteiger partial charge >= 0.3 is 0 Å². The third-order valence-electron chi connectivity index (χ3n) is 1.82. The van der Waals surface area contributed by atoms with E-state index < -0.39 is 6.43 Å². The smallest absolute Gasteiger partial charge is 0.255 e. The van der Waals surface area contributed by atoms with Gasteiger partial charge in [0, 0.05) is 11.9 Å². The molecule has 0 aromatic carbocycles. The summed E-state index contributed by atoms with van der Waals surface area (Å²) in [6.45, 7) is 1.98. The Morgan fingerprint density at radius 2 is 2.13 bits per heavy atom. The van der Waals surface area contributed by atoms with Gasteiger partial charge in [0.1, 0.15) is 0 Å². The minimum absolute atomic E-state index is 0.316. The number of aryl methyl sites for hydroxylation is 1. The maximum absolute atomic E-state index is 12.3. The van der Waals surface area contributed by atoms with Crippen LogP contribution < -0.4 is 4.90 Å². The number of aromatic nitrogens is 2. The summed E-state index contributed by atoms with van der Waals surface area (Å²) in [5.41, 5.74) is 0.773. The minimum Gasteiger partial charge on any atom is -0.349 e. The molecule has 0 saturated heterocycles. The SMILES string of the molecule is Cc1ccc(N(CCBr)CC(F)F)nn1. The molecule has 0 N–H and O–H groups in total. The Morgan fingerprint density at radius 1 is 1.40 bits per heavy atom. The highest BCUT2D eigenvalue weighted by Gasteiger charge is 2.13. The number of hydrogen-bond acceptors (Lipinski definition) is 3. The molecule has 0 fully saturated rings. The molecule has 1 aromatic heterocycles. The van der Waals surface area contributed by atoms with Gasteiger partial charge in [-0.25, -0.2) is 8.78 Å². The van der Waals surface area contributed by atoms with Crippen LogP contribution in [0.15, 0.2) is 12.1 Å². The predicted octanol–water partition coefficient (Wildman–Crippen LogP) is 2.25. The van der Waals surface area contributed by atoms with Crippen molar-refractivity contribution in [3.05, 3.63) is 17.8 Å². The molecular weight excluding hydrogens is 268 g/mol. The summed E-state index contributed by atoms with van der Waals surface area (Å²) >= 11 is 3.22. The zero-order valence-electron chi connectivity index (χ0n) is 8.33. The van der Waals surface area contributed by atoms with Gasteiger partial charge in [-0.2, -0.15) is 5.10 Å². The van der Waals surface area contributed by atoms with Crippen LogP contribution >= 0.6 is 15.9 Å². The third kappa shape index (κ3) is 4.07. The van der Waals surface area contributed by atoms with Crippen LogP contribution in [-0.2, 0) is 0 Å². The lowest BCUT2D eigenvalue weighted by Gasteiger charge is -2.21. The van der Waals surface area contributed by atoms with Gasteiger partial charge in [-0.3, -0.25) is 0 Å². The molecule has 1 heterocycles. The van der Waals surface area contributed by atoms with Crippen LogP contribution in [0.5, 0.6) is 0 Å². The molecule has 0 unspecified atom stereocenters. The molecule has 1 aromatic rings. The fourth-order valence-corrected chi connectivity index (χ4v) is 1.56. The Labute approximate surface area is 95.6 Å². The maximum atomic E-state index is 12.3. The summed E-state index contributed by atoms with van der Waals surface area (Å²) in [7, 11) is 0. The molecule has 0 amide bonds. The molecule has 84 valence electrons. The lowest BCUT2D eigenvalue weighted by molar-refractivity contribution is 0.155. The molecule has 0 aliphatic heterocycles. The largest absolute Gasteiger partial charge is 0.349 e. The number of alkyl halides is 3. The van der Waals surface area contributed by atoms with Gasteiger partial charge in [0.2, 0.25) is 0 Å². The number of halogens is 3. The number of hydrogen-bond donors (Lipinski definition) is 0. The van der Waals surface area contributed by atoms with Crippen LogP contribution in [-0.4, -0.2) is 35.0 Å². The Morgan fingerprint density at radius 3 is 2.60 bits per heavy atom. The standard InChI is InChI=1S/C9H12BrF2N3/c1-7-2-3-9(14-13-7)15(5-4-10)6-8(11)12/h2-3,8H,4-6H2,1H3. The van der Waals surface area contributed by atoms with Crippen molar-refractivity contribution >= 4 is 21.7 Å². The van der Waals surface area contributed by atoms with E-state index in [2.05, 4.69) is 26.1 Å². The van der Waals surface area contributed by atoms with Crippen molar-refractivity contribution in [1.29, 1.82) is 0 Å². The molecule has 15 heavy (non-hydrogen) atoms. The van der Waals surface area contributed by atoms with E-state index in [1.54, 1.807) is 19.1 Å². The van der Waals surface area contributed by atoms with E-state index in [1.807, 2.05) is 0 Å². The fourth-order valence-electron chi connectivity index (χ4n) is 1.13. The molecule has 0 bridgehead atoms. The van der Waals surface area contributed by atoms with Crippen LogP contribution in [0.1, 0.15) is 5.69 Å². The first-order chi connectivity index (χ1) is 7.13. The van der Waals surface area contributed by atoms with Gasteiger partial charge in [0.25, 0.3) is 6.43 Å². The highest BCUT2D eigenvalue weighted by atomic mass is 79.9. The van der Waals surface area contributed by atoms with Crippen molar-refractivity contribution in [2.45, 2.75) is 13.3 Å². The van der Waals surface area contributed by atoms with Crippen LogP contribution in [0.2, 0.25) is 0 Å². The molecule has 3 nitrogen and oxygen atoms in total. The van der Waals surface area contributed by atoms with Crippen LogP contribution in [0.25, 0.3) is 0 Å². The van der Waals surface area contributed by atoms with E-state index in [0.29, 0.717) is 17.7 Å². The summed E-state index contributed by atoms with van der Waals surface area (Å²) in [6, 6.07) is 3.46. The number of anilines is 1. The normalized spacial score (nSPS) is 10.7. The van der Waals surface area contributed by atoms with Gasteiger partial charge in [0.05, 0.1) is 12.2 Å². The Bertz CT molecular complexity index is 292. The molecule has 0 aliphatic carbocycles. The monoisotopic (exact) mass is 279 g/mol. The topological polar surface area (TPSA) is 29.0 Å². The highest BCUT2D eigenvalue weighted by molar-refractivity contribution is 9.09. The average Bonchev–Trinajstić information content (AvgIpc) is 2.17. The van der Waals surface area contributed by atoms with E-state index in [4.69, 9.17) is 0 Å². The molecule has 0 aliphatic rings. The van der Waals surface area contributed by atoms with Crippen molar-refractivity contribution in [2.24, 2.45) is 0 Å². The molecule has 0 atom stereocenters. The van der Waals surface area contributed by atoms with Crippen LogP contribution in [0.3, 0.4) is 0 Å². The maximum Gasteiger partial charge on any atom is 0.255 e. The van der Waals surface area contributed by atoms with E-state index in [9.17, 15) is 8.78 Å². The first-order valence-corrected chi connectivity index (χ1v) is 5.65. The Kier molecular flexibility index (Phi) is 4.87.